The van der Waals surface area contributed by atoms with Crippen LogP contribution in [0.2, 0.25) is 0 Å². The summed E-state index contributed by atoms with van der Waals surface area (Å²) in [5.74, 6) is 1.95. The predicted molar refractivity (Wildman–Crippen MR) is 104 cm³/mol. The van der Waals surface area contributed by atoms with Crippen molar-refractivity contribution in [3.63, 3.8) is 0 Å². The molecule has 3 aromatic heterocycles. The Kier molecular flexibility index (Phi) is 4.64. The molecule has 1 amide bonds. The lowest BCUT2D eigenvalue weighted by molar-refractivity contribution is 0.0744. The van der Waals surface area contributed by atoms with Gasteiger partial charge in [-0.1, -0.05) is 0 Å². The predicted octanol–water partition coefficient (Wildman–Crippen LogP) is 0.632. The topological polar surface area (TPSA) is 89.2 Å². The van der Waals surface area contributed by atoms with E-state index in [4.69, 9.17) is 0 Å². The van der Waals surface area contributed by atoms with Crippen molar-refractivity contribution in [2.75, 3.05) is 31.1 Å². The highest BCUT2D eigenvalue weighted by Crippen LogP contribution is 2.17. The molecule has 4 heterocycles. The summed E-state index contributed by atoms with van der Waals surface area (Å²) in [6.07, 6.45) is 5.18. The lowest BCUT2D eigenvalue weighted by atomic mass is 10.2. The van der Waals surface area contributed by atoms with E-state index < -0.39 is 0 Å². The van der Waals surface area contributed by atoms with Gasteiger partial charge in [0.15, 0.2) is 5.82 Å². The van der Waals surface area contributed by atoms with Gasteiger partial charge in [-0.15, -0.1) is 0 Å². The van der Waals surface area contributed by atoms with Gasteiger partial charge in [-0.05, 0) is 25.1 Å². The van der Waals surface area contributed by atoms with E-state index in [1.165, 1.54) is 4.57 Å². The van der Waals surface area contributed by atoms with Gasteiger partial charge in [0.1, 0.15) is 17.2 Å². The molecule has 0 atom stereocenters. The third-order valence-corrected chi connectivity index (χ3v) is 4.79. The number of hydrogen-bond donors (Lipinski definition) is 0. The first kappa shape index (κ1) is 17.9. The zero-order valence-electron chi connectivity index (χ0n) is 15.8. The van der Waals surface area contributed by atoms with Gasteiger partial charge >= 0.3 is 0 Å². The highest BCUT2D eigenvalue weighted by molar-refractivity contribution is 5.94. The Hall–Kier alpha value is -3.49. The van der Waals surface area contributed by atoms with Crippen LogP contribution in [0.15, 0.2) is 47.7 Å². The van der Waals surface area contributed by atoms with E-state index in [-0.39, 0.29) is 17.0 Å². The van der Waals surface area contributed by atoms with Crippen LogP contribution in [0.4, 0.5) is 5.82 Å². The Morgan fingerprint density at radius 1 is 1.04 bits per heavy atom. The van der Waals surface area contributed by atoms with Gasteiger partial charge in [-0.25, -0.2) is 14.6 Å². The van der Waals surface area contributed by atoms with E-state index in [0.29, 0.717) is 37.8 Å². The highest BCUT2D eigenvalue weighted by atomic mass is 16.2. The summed E-state index contributed by atoms with van der Waals surface area (Å²) in [4.78, 5) is 37.8. The molecule has 1 aliphatic heterocycles. The average Bonchev–Trinajstić information content (AvgIpc) is 3.24. The number of rotatable bonds is 3. The maximum atomic E-state index is 12.7. The zero-order chi connectivity index (χ0) is 19.7. The van der Waals surface area contributed by atoms with E-state index in [0.717, 1.165) is 5.82 Å². The van der Waals surface area contributed by atoms with Crippen LogP contribution in [0.1, 0.15) is 16.2 Å². The Morgan fingerprint density at radius 3 is 2.50 bits per heavy atom. The maximum absolute atomic E-state index is 12.7. The van der Waals surface area contributed by atoms with Gasteiger partial charge in [0.25, 0.3) is 11.5 Å². The van der Waals surface area contributed by atoms with Crippen LogP contribution < -0.4 is 10.5 Å². The molecule has 0 aromatic carbocycles. The van der Waals surface area contributed by atoms with Gasteiger partial charge < -0.3 is 14.4 Å². The molecule has 9 heteroatoms. The number of aromatic nitrogens is 5. The second kappa shape index (κ2) is 7.26. The lowest BCUT2D eigenvalue weighted by Gasteiger charge is -2.35. The first-order valence-electron chi connectivity index (χ1n) is 9.08. The summed E-state index contributed by atoms with van der Waals surface area (Å²) in [7, 11) is 1.64. The minimum Gasteiger partial charge on any atom is -0.353 e. The summed E-state index contributed by atoms with van der Waals surface area (Å²) in [5.41, 5.74) is -0.0671. The quantitative estimate of drug-likeness (QED) is 0.663. The Labute approximate surface area is 161 Å². The van der Waals surface area contributed by atoms with Crippen molar-refractivity contribution in [2.24, 2.45) is 7.05 Å². The average molecular weight is 379 g/mol. The molecule has 0 radical (unpaired) electrons. The van der Waals surface area contributed by atoms with Crippen molar-refractivity contribution in [1.29, 1.82) is 0 Å². The molecule has 0 bridgehead atoms. The fraction of sp³-hybridized carbons (Fsp3) is 0.316. The number of anilines is 1. The summed E-state index contributed by atoms with van der Waals surface area (Å²) < 4.78 is 3.12. The summed E-state index contributed by atoms with van der Waals surface area (Å²) in [6, 6.07) is 7.03. The molecule has 1 saturated heterocycles. The van der Waals surface area contributed by atoms with E-state index in [1.807, 2.05) is 25.3 Å². The molecule has 9 nitrogen and oxygen atoms in total. The minimum atomic E-state index is -0.273. The lowest BCUT2D eigenvalue weighted by Crippen LogP contribution is -2.50. The maximum Gasteiger partial charge on any atom is 0.263 e. The van der Waals surface area contributed by atoms with Crippen molar-refractivity contribution < 1.29 is 4.79 Å². The van der Waals surface area contributed by atoms with E-state index in [2.05, 4.69) is 20.0 Å². The number of pyridine rings is 1. The molecule has 28 heavy (non-hydrogen) atoms. The fourth-order valence-corrected chi connectivity index (χ4v) is 3.29. The van der Waals surface area contributed by atoms with Gasteiger partial charge in [-0.3, -0.25) is 9.59 Å². The number of aryl methyl sites for hydroxylation is 2. The molecule has 1 fully saturated rings. The molecular weight excluding hydrogens is 358 g/mol. The van der Waals surface area contributed by atoms with E-state index in [9.17, 15) is 9.59 Å². The molecule has 0 aliphatic carbocycles. The molecule has 1 aliphatic rings. The molecule has 0 saturated carbocycles. The van der Waals surface area contributed by atoms with Gasteiger partial charge in [0.2, 0.25) is 0 Å². The Balaban J connectivity index is 1.49. The molecule has 4 rings (SSSR count). The Morgan fingerprint density at radius 2 is 1.79 bits per heavy atom. The van der Waals surface area contributed by atoms with Crippen LogP contribution in [0.5, 0.6) is 0 Å². The number of hydrogen-bond acceptors (Lipinski definition) is 6. The number of nitrogens with zero attached hydrogens (tertiary/aromatic N) is 7. The van der Waals surface area contributed by atoms with Crippen LogP contribution in [-0.4, -0.2) is 61.3 Å². The van der Waals surface area contributed by atoms with Crippen molar-refractivity contribution in [3.05, 3.63) is 64.6 Å². The first-order chi connectivity index (χ1) is 13.5. The van der Waals surface area contributed by atoms with Crippen LogP contribution in [0, 0.1) is 6.92 Å². The van der Waals surface area contributed by atoms with Crippen LogP contribution >= 0.6 is 0 Å². The normalized spacial score (nSPS) is 14.4. The van der Waals surface area contributed by atoms with Gasteiger partial charge in [0.05, 0.1) is 0 Å². The van der Waals surface area contributed by atoms with Crippen LogP contribution in [0.3, 0.4) is 0 Å². The standard InChI is InChI=1S/C19H21N7O2/c1-14-21-16(13-17(22-14)26-8-4-6-20-26)24-9-11-25(12-10-24)19(28)15-5-3-7-23(2)18(15)27/h3-8,13H,9-12H2,1-2H3. The monoisotopic (exact) mass is 379 g/mol. The van der Waals surface area contributed by atoms with Crippen LogP contribution in [-0.2, 0) is 7.05 Å². The smallest absolute Gasteiger partial charge is 0.263 e. The first-order valence-corrected chi connectivity index (χ1v) is 9.08. The summed E-state index contributed by atoms with van der Waals surface area (Å²) >= 11 is 0. The second-order valence-electron chi connectivity index (χ2n) is 6.70. The minimum absolute atomic E-state index is 0.206. The summed E-state index contributed by atoms with van der Waals surface area (Å²) in [5, 5.41) is 4.22. The summed E-state index contributed by atoms with van der Waals surface area (Å²) in [6.45, 7) is 4.16. The molecule has 3 aromatic rings. The van der Waals surface area contributed by atoms with Crippen LogP contribution in [0.25, 0.3) is 5.82 Å². The van der Waals surface area contributed by atoms with Crippen molar-refractivity contribution in [1.82, 2.24) is 29.2 Å². The fourth-order valence-electron chi connectivity index (χ4n) is 3.29. The number of carbonyl (C=O) groups excluding carboxylic acids is 1. The number of piperazine rings is 1. The molecule has 0 spiro atoms. The zero-order valence-corrected chi connectivity index (χ0v) is 15.8. The van der Waals surface area contributed by atoms with Gasteiger partial charge in [-0.2, -0.15) is 5.10 Å². The number of carbonyl (C=O) groups is 1. The number of amides is 1. The Bertz CT molecular complexity index is 1050. The van der Waals surface area contributed by atoms with E-state index in [1.54, 1.807) is 41.2 Å². The third kappa shape index (κ3) is 3.38. The largest absolute Gasteiger partial charge is 0.353 e. The third-order valence-electron chi connectivity index (χ3n) is 4.79. The highest BCUT2D eigenvalue weighted by Gasteiger charge is 2.25. The van der Waals surface area contributed by atoms with Crippen molar-refractivity contribution in [2.45, 2.75) is 6.92 Å². The molecule has 0 unspecified atom stereocenters. The molecular formula is C19H21N7O2. The SMILES string of the molecule is Cc1nc(N2CCN(C(=O)c3cccn(C)c3=O)CC2)cc(-n2cccn2)n1. The van der Waals surface area contributed by atoms with Crippen molar-refractivity contribution in [3.8, 4) is 5.82 Å². The van der Waals surface area contributed by atoms with E-state index >= 15 is 0 Å². The molecule has 0 N–H and O–H groups in total. The van der Waals surface area contributed by atoms with Gasteiger partial charge in [0, 0.05) is 57.9 Å². The second-order valence-corrected chi connectivity index (χ2v) is 6.70. The van der Waals surface area contributed by atoms with Crippen molar-refractivity contribution >= 4 is 11.7 Å². The molecule has 144 valence electrons.